The number of carbonyl (C=O) groups excluding carboxylic acids is 1. The lowest BCUT2D eigenvalue weighted by Gasteiger charge is -2.39. The molecule has 0 unspecified atom stereocenters. The molecule has 0 saturated heterocycles. The maximum atomic E-state index is 11.5. The molecule has 0 bridgehead atoms. The molecular weight excluding hydrogens is 272 g/mol. The minimum atomic E-state index is -0.992. The minimum Gasteiger partial charge on any atom is -0.481 e. The fourth-order valence-corrected chi connectivity index (χ4v) is 1.55. The van der Waals surface area contributed by atoms with E-state index in [1.807, 2.05) is 0 Å². The van der Waals surface area contributed by atoms with Crippen LogP contribution in [-0.4, -0.2) is 34.2 Å². The zero-order chi connectivity index (χ0) is 16.3. The first-order valence-corrected chi connectivity index (χ1v) is 6.76. The molecule has 21 heavy (non-hydrogen) atoms. The van der Waals surface area contributed by atoms with Crippen molar-refractivity contribution in [3.8, 4) is 0 Å². The molecule has 1 aromatic rings. The van der Waals surface area contributed by atoms with E-state index in [-0.39, 0.29) is 0 Å². The van der Waals surface area contributed by atoms with E-state index >= 15 is 0 Å². The van der Waals surface area contributed by atoms with Gasteiger partial charge in [0.1, 0.15) is 5.82 Å². The third kappa shape index (κ3) is 3.71. The molecule has 0 radical (unpaired) electrons. The Morgan fingerprint density at radius 2 is 1.90 bits per heavy atom. The van der Waals surface area contributed by atoms with Crippen LogP contribution in [-0.2, 0) is 9.53 Å². The predicted molar refractivity (Wildman–Crippen MR) is 79.3 cm³/mol. The van der Waals surface area contributed by atoms with Gasteiger partial charge in [-0.2, -0.15) is 0 Å². The molecule has 0 fully saturated rings. The van der Waals surface area contributed by atoms with Crippen LogP contribution in [0.5, 0.6) is 0 Å². The van der Waals surface area contributed by atoms with Gasteiger partial charge in [-0.05, 0) is 46.8 Å². The van der Waals surface area contributed by atoms with Crippen molar-refractivity contribution in [3.63, 3.8) is 0 Å². The highest BCUT2D eigenvalue weighted by molar-refractivity contribution is 5.89. The molecule has 6 heteroatoms. The maximum absolute atomic E-state index is 11.5. The molecule has 1 heterocycles. The number of carboxylic acid groups (broad SMARTS) is 1. The van der Waals surface area contributed by atoms with Crippen molar-refractivity contribution in [1.29, 1.82) is 0 Å². The summed E-state index contributed by atoms with van der Waals surface area (Å²) in [4.78, 5) is 27.0. The van der Waals surface area contributed by atoms with Crippen LogP contribution in [0.2, 0.25) is 0 Å². The number of esters is 1. The highest BCUT2D eigenvalue weighted by atomic mass is 16.5. The number of nitrogens with zero attached hydrogens (tertiary/aromatic N) is 1. The van der Waals surface area contributed by atoms with Crippen LogP contribution in [0.15, 0.2) is 18.3 Å². The number of nitrogens with one attached hydrogen (secondary N) is 1. The lowest BCUT2D eigenvalue weighted by atomic mass is 9.74. The third-order valence-corrected chi connectivity index (χ3v) is 3.81. The summed E-state index contributed by atoms with van der Waals surface area (Å²) < 4.78 is 4.88. The van der Waals surface area contributed by atoms with E-state index < -0.39 is 22.9 Å². The zero-order valence-electron chi connectivity index (χ0n) is 13.1. The van der Waals surface area contributed by atoms with Crippen LogP contribution in [0.25, 0.3) is 0 Å². The monoisotopic (exact) mass is 294 g/mol. The first kappa shape index (κ1) is 16.9. The average Bonchev–Trinajstić information content (AvgIpc) is 2.39. The Morgan fingerprint density at radius 3 is 2.33 bits per heavy atom. The topological polar surface area (TPSA) is 88.5 Å². The molecule has 2 N–H and O–H groups in total. The lowest BCUT2D eigenvalue weighted by Crippen LogP contribution is -2.50. The number of carbonyl (C=O) groups is 2. The summed E-state index contributed by atoms with van der Waals surface area (Å²) in [7, 11) is 0. The maximum Gasteiger partial charge on any atom is 0.339 e. The largest absolute Gasteiger partial charge is 0.481 e. The van der Waals surface area contributed by atoms with Crippen LogP contribution < -0.4 is 5.32 Å². The number of aromatic nitrogens is 1. The fourth-order valence-electron chi connectivity index (χ4n) is 1.55. The molecule has 0 aliphatic rings. The van der Waals surface area contributed by atoms with Crippen LogP contribution in [0, 0.1) is 5.41 Å². The highest BCUT2D eigenvalue weighted by Crippen LogP contribution is 2.33. The van der Waals surface area contributed by atoms with Gasteiger partial charge < -0.3 is 15.2 Å². The van der Waals surface area contributed by atoms with Gasteiger partial charge in [0, 0.05) is 11.7 Å². The Morgan fingerprint density at radius 1 is 1.29 bits per heavy atom. The van der Waals surface area contributed by atoms with E-state index in [4.69, 9.17) is 4.74 Å². The van der Waals surface area contributed by atoms with Crippen molar-refractivity contribution in [2.75, 3.05) is 11.9 Å². The molecule has 0 aliphatic carbocycles. The summed E-state index contributed by atoms with van der Waals surface area (Å²) in [5.41, 5.74) is -1.36. The third-order valence-electron chi connectivity index (χ3n) is 3.81. The number of carboxylic acids is 1. The number of hydrogen-bond acceptors (Lipinski definition) is 5. The standard InChI is InChI=1S/C15H22N2O4/c1-6-21-12(18)10-7-8-11(16-9-10)17-15(4,5)14(2,3)13(19)20/h7-9H,6H2,1-5H3,(H,16,17)(H,19,20). The van der Waals surface area contributed by atoms with E-state index in [1.54, 1.807) is 46.8 Å². The van der Waals surface area contributed by atoms with Gasteiger partial charge in [0.15, 0.2) is 0 Å². The number of aliphatic carboxylic acids is 1. The van der Waals surface area contributed by atoms with E-state index in [2.05, 4.69) is 10.3 Å². The van der Waals surface area contributed by atoms with Gasteiger partial charge in [-0.15, -0.1) is 0 Å². The summed E-state index contributed by atoms with van der Waals surface area (Å²) >= 11 is 0. The smallest absolute Gasteiger partial charge is 0.339 e. The Hall–Kier alpha value is -2.11. The van der Waals surface area contributed by atoms with E-state index in [1.165, 1.54) is 6.20 Å². The quantitative estimate of drug-likeness (QED) is 0.784. The van der Waals surface area contributed by atoms with E-state index in [0.29, 0.717) is 18.0 Å². The van der Waals surface area contributed by atoms with Crippen LogP contribution >= 0.6 is 0 Å². The van der Waals surface area contributed by atoms with Gasteiger partial charge >= 0.3 is 11.9 Å². The van der Waals surface area contributed by atoms with Gasteiger partial charge in [-0.3, -0.25) is 4.79 Å². The normalized spacial score (nSPS) is 11.9. The van der Waals surface area contributed by atoms with Crippen LogP contribution in [0.4, 0.5) is 5.82 Å². The van der Waals surface area contributed by atoms with Gasteiger partial charge in [-0.25, -0.2) is 9.78 Å². The zero-order valence-corrected chi connectivity index (χ0v) is 13.1. The van der Waals surface area contributed by atoms with Crippen molar-refractivity contribution in [3.05, 3.63) is 23.9 Å². The molecule has 0 aliphatic heterocycles. The van der Waals surface area contributed by atoms with Gasteiger partial charge in [0.25, 0.3) is 0 Å². The number of ether oxygens (including phenoxy) is 1. The van der Waals surface area contributed by atoms with Crippen molar-refractivity contribution in [2.24, 2.45) is 5.41 Å². The number of anilines is 1. The first-order chi connectivity index (χ1) is 9.61. The molecule has 6 nitrogen and oxygen atoms in total. The molecule has 0 spiro atoms. The molecular formula is C15H22N2O4. The number of pyridine rings is 1. The summed E-state index contributed by atoms with van der Waals surface area (Å²) in [5, 5.41) is 12.4. The summed E-state index contributed by atoms with van der Waals surface area (Å²) in [6.45, 7) is 8.92. The Kier molecular flexibility index (Phi) is 4.93. The average molecular weight is 294 g/mol. The predicted octanol–water partition coefficient (Wildman–Crippen LogP) is 2.56. The van der Waals surface area contributed by atoms with Crippen molar-refractivity contribution in [1.82, 2.24) is 4.98 Å². The fraction of sp³-hybridized carbons (Fsp3) is 0.533. The molecule has 0 amide bonds. The highest BCUT2D eigenvalue weighted by Gasteiger charge is 2.43. The summed E-state index contributed by atoms with van der Waals surface area (Å²) in [5.74, 6) is -0.827. The van der Waals surface area contributed by atoms with Gasteiger partial charge in [-0.1, -0.05) is 0 Å². The van der Waals surface area contributed by atoms with E-state index in [0.717, 1.165) is 0 Å². The Balaban J connectivity index is 2.89. The summed E-state index contributed by atoms with van der Waals surface area (Å²) in [6, 6.07) is 3.23. The molecule has 0 saturated carbocycles. The SMILES string of the molecule is CCOC(=O)c1ccc(NC(C)(C)C(C)(C)C(=O)O)nc1. The minimum absolute atomic E-state index is 0.304. The van der Waals surface area contributed by atoms with Crippen molar-refractivity contribution in [2.45, 2.75) is 40.2 Å². The Bertz CT molecular complexity index is 521. The Labute approximate surface area is 124 Å². The molecule has 0 atom stereocenters. The number of rotatable bonds is 6. The van der Waals surface area contributed by atoms with Crippen LogP contribution in [0.3, 0.4) is 0 Å². The van der Waals surface area contributed by atoms with E-state index in [9.17, 15) is 14.7 Å². The van der Waals surface area contributed by atoms with Crippen molar-refractivity contribution < 1.29 is 19.4 Å². The van der Waals surface area contributed by atoms with Gasteiger partial charge in [0.05, 0.1) is 17.6 Å². The first-order valence-electron chi connectivity index (χ1n) is 6.76. The second-order valence-corrected chi connectivity index (χ2v) is 5.83. The second-order valence-electron chi connectivity index (χ2n) is 5.83. The van der Waals surface area contributed by atoms with Crippen LogP contribution in [0.1, 0.15) is 45.0 Å². The molecule has 1 rings (SSSR count). The lowest BCUT2D eigenvalue weighted by molar-refractivity contribution is -0.149. The molecule has 1 aromatic heterocycles. The number of hydrogen-bond donors (Lipinski definition) is 2. The van der Waals surface area contributed by atoms with Gasteiger partial charge in [0.2, 0.25) is 0 Å². The second kappa shape index (κ2) is 6.11. The summed E-state index contributed by atoms with van der Waals surface area (Å²) in [6.07, 6.45) is 1.41. The molecule has 116 valence electrons. The van der Waals surface area contributed by atoms with Crippen molar-refractivity contribution >= 4 is 17.8 Å². The molecule has 0 aromatic carbocycles.